The normalized spacial score (nSPS) is 19.4. The molecule has 2 saturated heterocycles. The van der Waals surface area contributed by atoms with Gasteiger partial charge in [0.25, 0.3) is 0 Å². The number of pyridine rings is 1. The van der Waals surface area contributed by atoms with Crippen LogP contribution in [0.2, 0.25) is 10.0 Å². The van der Waals surface area contributed by atoms with Crippen molar-refractivity contribution < 1.29 is 31.9 Å². The summed E-state index contributed by atoms with van der Waals surface area (Å²) in [5, 5.41) is 0.466. The van der Waals surface area contributed by atoms with E-state index in [0.717, 1.165) is 17.8 Å². The maximum Gasteiger partial charge on any atom is 0.417 e. The number of benzene rings is 2. The van der Waals surface area contributed by atoms with Crippen LogP contribution < -0.4 is 9.64 Å². The van der Waals surface area contributed by atoms with Crippen LogP contribution in [0.15, 0.2) is 60.8 Å². The fourth-order valence-corrected chi connectivity index (χ4v) is 6.03. The van der Waals surface area contributed by atoms with Crippen LogP contribution in [0.25, 0.3) is 0 Å². The first-order valence-electron chi connectivity index (χ1n) is 13.6. The minimum absolute atomic E-state index is 0.0621. The largest absolute Gasteiger partial charge is 0.417 e. The van der Waals surface area contributed by atoms with Gasteiger partial charge >= 0.3 is 12.3 Å². The van der Waals surface area contributed by atoms with Crippen LogP contribution in [0.1, 0.15) is 29.9 Å². The maximum absolute atomic E-state index is 13.7. The molecule has 0 N–H and O–H groups in total. The zero-order chi connectivity index (χ0) is 30.9. The summed E-state index contributed by atoms with van der Waals surface area (Å²) in [5.74, 6) is -0.598. The number of likely N-dealkylation sites (N-methyl/N-ethyl adjacent to an activating group) is 1. The Morgan fingerprint density at radius 3 is 2.26 bits per heavy atom. The molecule has 2 aliphatic rings. The standard InChI is InChI=1S/C30H28Cl2F4N4O3/c1-38(29(42)43-23-8-6-22(33)7-9-23)26-17-40(16-24(26)18-2-4-21(31)5-3-18)28(41)19-10-12-39(13-11-19)27-25(32)14-20(15-37-27)30(34,35)36/h2-9,14-15,19,24,26H,10-13,16-17H2,1H3/t24-,26+/m0/s1. The molecular formula is C30H28Cl2F4N4O3. The molecule has 5 rings (SSSR count). The molecule has 0 spiro atoms. The number of amides is 2. The second-order valence-corrected chi connectivity index (χ2v) is 11.5. The van der Waals surface area contributed by atoms with E-state index in [9.17, 15) is 27.2 Å². The third-order valence-corrected chi connectivity index (χ3v) is 8.53. The lowest BCUT2D eigenvalue weighted by atomic mass is 9.93. The van der Waals surface area contributed by atoms with E-state index in [4.69, 9.17) is 27.9 Å². The third kappa shape index (κ3) is 6.99. The second-order valence-electron chi connectivity index (χ2n) is 10.7. The van der Waals surface area contributed by atoms with Crippen LogP contribution in [0, 0.1) is 11.7 Å². The molecule has 13 heteroatoms. The topological polar surface area (TPSA) is 66.0 Å². The monoisotopic (exact) mass is 638 g/mol. The average Bonchev–Trinajstić information content (AvgIpc) is 3.43. The van der Waals surface area contributed by atoms with Gasteiger partial charge in [-0.25, -0.2) is 14.2 Å². The highest BCUT2D eigenvalue weighted by Crippen LogP contribution is 2.37. The van der Waals surface area contributed by atoms with Gasteiger partial charge in [-0.05, 0) is 60.9 Å². The lowest BCUT2D eigenvalue weighted by Crippen LogP contribution is -2.45. The Hall–Kier alpha value is -3.57. The smallest absolute Gasteiger partial charge is 0.410 e. The number of anilines is 1. The van der Waals surface area contributed by atoms with Crippen molar-refractivity contribution in [3.8, 4) is 5.75 Å². The van der Waals surface area contributed by atoms with E-state index in [1.54, 1.807) is 29.0 Å². The average molecular weight is 639 g/mol. The Balaban J connectivity index is 1.27. The molecule has 43 heavy (non-hydrogen) atoms. The van der Waals surface area contributed by atoms with Gasteiger partial charge < -0.3 is 19.4 Å². The number of piperidine rings is 1. The number of hydrogen-bond acceptors (Lipinski definition) is 5. The van der Waals surface area contributed by atoms with Crippen molar-refractivity contribution in [2.45, 2.75) is 31.0 Å². The van der Waals surface area contributed by atoms with E-state index in [2.05, 4.69) is 4.98 Å². The number of aromatic nitrogens is 1. The zero-order valence-corrected chi connectivity index (χ0v) is 24.5. The van der Waals surface area contributed by atoms with Gasteiger partial charge in [-0.15, -0.1) is 0 Å². The molecule has 7 nitrogen and oxygen atoms in total. The van der Waals surface area contributed by atoms with Crippen LogP contribution in [0.3, 0.4) is 0 Å². The number of alkyl halides is 3. The zero-order valence-electron chi connectivity index (χ0n) is 23.0. The highest BCUT2D eigenvalue weighted by molar-refractivity contribution is 6.33. The first-order chi connectivity index (χ1) is 20.4. The molecule has 0 saturated carbocycles. The number of rotatable bonds is 5. The highest BCUT2D eigenvalue weighted by Gasteiger charge is 2.42. The second kappa shape index (κ2) is 12.6. The third-order valence-electron chi connectivity index (χ3n) is 8.00. The lowest BCUT2D eigenvalue weighted by Gasteiger charge is -2.34. The quantitative estimate of drug-likeness (QED) is 0.285. The van der Waals surface area contributed by atoms with Crippen LogP contribution in [-0.4, -0.2) is 66.1 Å². The Morgan fingerprint density at radius 1 is 1.00 bits per heavy atom. The summed E-state index contributed by atoms with van der Waals surface area (Å²) < 4.78 is 57.8. The summed E-state index contributed by atoms with van der Waals surface area (Å²) in [5.41, 5.74) is -0.0133. The van der Waals surface area contributed by atoms with Gasteiger partial charge in [-0.3, -0.25) is 4.79 Å². The van der Waals surface area contributed by atoms with E-state index >= 15 is 0 Å². The van der Waals surface area contributed by atoms with Crippen molar-refractivity contribution in [3.63, 3.8) is 0 Å². The summed E-state index contributed by atoms with van der Waals surface area (Å²) in [7, 11) is 1.60. The van der Waals surface area contributed by atoms with Crippen molar-refractivity contribution in [1.82, 2.24) is 14.8 Å². The van der Waals surface area contributed by atoms with Gasteiger partial charge in [-0.1, -0.05) is 35.3 Å². The first kappa shape index (κ1) is 30.9. The molecule has 0 unspecified atom stereocenters. The maximum atomic E-state index is 13.7. The number of carbonyl (C=O) groups is 2. The van der Waals surface area contributed by atoms with Gasteiger partial charge in [0.15, 0.2) is 0 Å². The fourth-order valence-electron chi connectivity index (χ4n) is 5.62. The first-order valence-corrected chi connectivity index (χ1v) is 14.4. The van der Waals surface area contributed by atoms with Gasteiger partial charge in [-0.2, -0.15) is 13.2 Å². The summed E-state index contributed by atoms with van der Waals surface area (Å²) in [6, 6.07) is 12.8. The Labute approximate surface area is 255 Å². The molecule has 2 aromatic carbocycles. The molecule has 0 bridgehead atoms. The number of carbonyl (C=O) groups excluding carboxylic acids is 2. The van der Waals surface area contributed by atoms with Gasteiger partial charge in [0.2, 0.25) is 5.91 Å². The number of hydrogen-bond donors (Lipinski definition) is 0. The summed E-state index contributed by atoms with van der Waals surface area (Å²) >= 11 is 12.2. The van der Waals surface area contributed by atoms with Crippen LogP contribution in [0.4, 0.5) is 28.2 Å². The molecule has 3 heterocycles. The molecule has 2 atom stereocenters. The van der Waals surface area contributed by atoms with Crippen LogP contribution in [0.5, 0.6) is 5.75 Å². The number of halogens is 6. The van der Waals surface area contributed by atoms with E-state index in [-0.39, 0.29) is 40.9 Å². The van der Waals surface area contributed by atoms with Crippen molar-refractivity contribution in [2.24, 2.45) is 5.92 Å². The molecule has 2 aliphatic heterocycles. The minimum atomic E-state index is -4.54. The lowest BCUT2D eigenvalue weighted by molar-refractivity contribution is -0.138. The fraction of sp³-hybridized carbons (Fsp3) is 0.367. The van der Waals surface area contributed by atoms with E-state index in [1.807, 2.05) is 12.1 Å². The van der Waals surface area contributed by atoms with Crippen LogP contribution in [-0.2, 0) is 11.0 Å². The predicted molar refractivity (Wildman–Crippen MR) is 154 cm³/mol. The Morgan fingerprint density at radius 2 is 1.65 bits per heavy atom. The van der Waals surface area contributed by atoms with Crippen molar-refractivity contribution >= 4 is 41.0 Å². The van der Waals surface area contributed by atoms with Crippen molar-refractivity contribution in [3.05, 3.63) is 87.8 Å². The number of ether oxygens (including phenoxy) is 1. The Kier molecular flexibility index (Phi) is 9.03. The molecule has 1 aromatic heterocycles. The molecular weight excluding hydrogens is 611 g/mol. The van der Waals surface area contributed by atoms with E-state index < -0.39 is 29.7 Å². The van der Waals surface area contributed by atoms with Gasteiger partial charge in [0.1, 0.15) is 17.4 Å². The Bertz CT molecular complexity index is 1470. The minimum Gasteiger partial charge on any atom is -0.410 e. The number of likely N-dealkylation sites (tertiary alicyclic amines) is 1. The van der Waals surface area contributed by atoms with Gasteiger partial charge in [0, 0.05) is 56.3 Å². The molecule has 0 radical (unpaired) electrons. The summed E-state index contributed by atoms with van der Waals surface area (Å²) in [6.45, 7) is 1.44. The molecule has 2 amide bonds. The van der Waals surface area contributed by atoms with E-state index in [0.29, 0.717) is 37.5 Å². The SMILES string of the molecule is CN(C(=O)Oc1ccc(F)cc1)[C@@H]1CN(C(=O)C2CCN(c3ncc(C(F)(F)F)cc3Cl)CC2)C[C@H]1c1ccc(Cl)cc1. The highest BCUT2D eigenvalue weighted by atomic mass is 35.5. The number of nitrogens with zero attached hydrogens (tertiary/aromatic N) is 4. The van der Waals surface area contributed by atoms with Crippen LogP contribution >= 0.6 is 23.2 Å². The molecule has 3 aromatic rings. The molecule has 0 aliphatic carbocycles. The molecule has 2 fully saturated rings. The summed E-state index contributed by atoms with van der Waals surface area (Å²) in [4.78, 5) is 35.7. The van der Waals surface area contributed by atoms with Gasteiger partial charge in [0.05, 0.1) is 16.6 Å². The predicted octanol–water partition coefficient (Wildman–Crippen LogP) is 6.89. The van der Waals surface area contributed by atoms with Crippen molar-refractivity contribution in [1.29, 1.82) is 0 Å². The summed E-state index contributed by atoms with van der Waals surface area (Å²) in [6.07, 6.45) is -3.49. The van der Waals surface area contributed by atoms with Crippen molar-refractivity contribution in [2.75, 3.05) is 38.1 Å². The van der Waals surface area contributed by atoms with E-state index in [1.165, 1.54) is 29.2 Å². The molecule has 228 valence electrons.